The highest BCUT2D eigenvalue weighted by atomic mass is 32.1. The van der Waals surface area contributed by atoms with Crippen LogP contribution in [0.3, 0.4) is 0 Å². The molecule has 0 bridgehead atoms. The molecule has 2 heterocycles. The van der Waals surface area contributed by atoms with E-state index in [2.05, 4.69) is 59.1 Å². The van der Waals surface area contributed by atoms with Crippen molar-refractivity contribution in [2.24, 2.45) is 0 Å². The molecule has 112 valence electrons. The molecule has 21 heavy (non-hydrogen) atoms. The Morgan fingerprint density at radius 3 is 2.38 bits per heavy atom. The van der Waals surface area contributed by atoms with Crippen molar-refractivity contribution in [3.05, 3.63) is 40.9 Å². The number of nitrogens with zero attached hydrogens (tertiary/aromatic N) is 3. The molecule has 3 nitrogen and oxygen atoms in total. The van der Waals surface area contributed by atoms with Crippen molar-refractivity contribution in [3.8, 4) is 0 Å². The monoisotopic (exact) mass is 301 g/mol. The molecule has 0 radical (unpaired) electrons. The number of piperazine rings is 1. The van der Waals surface area contributed by atoms with Gasteiger partial charge in [0.05, 0.1) is 0 Å². The molecular formula is C17H23N3S. The Kier molecular flexibility index (Phi) is 4.15. The summed E-state index contributed by atoms with van der Waals surface area (Å²) < 4.78 is 0. The van der Waals surface area contributed by atoms with Crippen LogP contribution in [-0.2, 0) is 0 Å². The number of thiazole rings is 1. The maximum absolute atomic E-state index is 4.41. The second-order valence-corrected chi connectivity index (χ2v) is 6.86. The average Bonchev–Trinajstić information content (AvgIpc) is 3.01. The minimum absolute atomic E-state index is 0.598. The molecule has 4 heteroatoms. The van der Waals surface area contributed by atoms with Crippen molar-refractivity contribution in [2.75, 3.05) is 36.0 Å². The van der Waals surface area contributed by atoms with Crippen LogP contribution in [-0.4, -0.2) is 31.2 Å². The van der Waals surface area contributed by atoms with E-state index in [1.54, 1.807) is 11.3 Å². The number of benzene rings is 1. The summed E-state index contributed by atoms with van der Waals surface area (Å²) in [4.78, 5) is 9.28. The molecule has 0 saturated carbocycles. The molecule has 0 unspecified atom stereocenters. The molecule has 0 spiro atoms. The smallest absolute Gasteiger partial charge is 0.185 e. The molecule has 1 fully saturated rings. The van der Waals surface area contributed by atoms with Gasteiger partial charge in [0.25, 0.3) is 0 Å². The summed E-state index contributed by atoms with van der Waals surface area (Å²) in [5, 5.41) is 3.20. The fourth-order valence-corrected chi connectivity index (χ4v) is 3.73. The Balaban J connectivity index is 1.68. The maximum atomic E-state index is 4.41. The molecule has 1 aliphatic heterocycles. The third-order valence-corrected chi connectivity index (χ3v) is 5.04. The third kappa shape index (κ3) is 3.05. The predicted molar refractivity (Wildman–Crippen MR) is 91.8 cm³/mol. The lowest BCUT2D eigenvalue weighted by Crippen LogP contribution is -2.46. The fraction of sp³-hybridized carbons (Fsp3) is 0.471. The summed E-state index contributed by atoms with van der Waals surface area (Å²) in [6, 6.07) is 6.91. The Morgan fingerprint density at radius 2 is 1.81 bits per heavy atom. The van der Waals surface area contributed by atoms with Gasteiger partial charge in [0.1, 0.15) is 0 Å². The number of rotatable bonds is 3. The minimum Gasteiger partial charge on any atom is -0.368 e. The number of aryl methyl sites for hydroxylation is 1. The first-order chi connectivity index (χ1) is 10.1. The predicted octanol–water partition coefficient (Wildman–Crippen LogP) is 3.90. The van der Waals surface area contributed by atoms with Gasteiger partial charge in [-0.3, -0.25) is 0 Å². The topological polar surface area (TPSA) is 19.4 Å². The van der Waals surface area contributed by atoms with Crippen LogP contribution < -0.4 is 9.80 Å². The van der Waals surface area contributed by atoms with Crippen LogP contribution in [0.25, 0.3) is 0 Å². The number of hydrogen-bond donors (Lipinski definition) is 0. The second kappa shape index (κ2) is 6.06. The zero-order chi connectivity index (χ0) is 14.8. The van der Waals surface area contributed by atoms with E-state index in [-0.39, 0.29) is 0 Å². The largest absolute Gasteiger partial charge is 0.368 e. The fourth-order valence-electron chi connectivity index (χ4n) is 3.03. The van der Waals surface area contributed by atoms with E-state index in [1.807, 2.05) is 6.20 Å². The highest BCUT2D eigenvalue weighted by Crippen LogP contribution is 2.26. The molecule has 1 aromatic carbocycles. The molecule has 0 amide bonds. The van der Waals surface area contributed by atoms with E-state index < -0.39 is 0 Å². The first kappa shape index (κ1) is 14.4. The number of anilines is 2. The summed E-state index contributed by atoms with van der Waals surface area (Å²) >= 11 is 1.73. The van der Waals surface area contributed by atoms with Crippen molar-refractivity contribution in [1.82, 2.24) is 4.98 Å². The van der Waals surface area contributed by atoms with E-state index in [0.717, 1.165) is 31.3 Å². The van der Waals surface area contributed by atoms with E-state index >= 15 is 0 Å². The molecule has 0 N–H and O–H groups in total. The first-order valence-electron chi connectivity index (χ1n) is 7.65. The van der Waals surface area contributed by atoms with Gasteiger partial charge in [0, 0.05) is 43.4 Å². The average molecular weight is 301 g/mol. The zero-order valence-corrected chi connectivity index (χ0v) is 13.9. The third-order valence-electron chi connectivity index (χ3n) is 4.21. The second-order valence-electron chi connectivity index (χ2n) is 5.98. The molecule has 1 aromatic heterocycles. The van der Waals surface area contributed by atoms with Gasteiger partial charge < -0.3 is 9.80 Å². The lowest BCUT2D eigenvalue weighted by molar-refractivity contribution is 0.651. The van der Waals surface area contributed by atoms with Crippen LogP contribution in [0.5, 0.6) is 0 Å². The van der Waals surface area contributed by atoms with Crippen molar-refractivity contribution in [3.63, 3.8) is 0 Å². The Bertz CT molecular complexity index is 584. The van der Waals surface area contributed by atoms with Crippen molar-refractivity contribution >= 4 is 22.2 Å². The van der Waals surface area contributed by atoms with Gasteiger partial charge in [-0.25, -0.2) is 4.98 Å². The Labute approximate surface area is 131 Å². The van der Waals surface area contributed by atoms with Crippen LogP contribution in [0, 0.1) is 6.92 Å². The Hall–Kier alpha value is -1.55. The number of hydrogen-bond acceptors (Lipinski definition) is 4. The highest BCUT2D eigenvalue weighted by molar-refractivity contribution is 7.13. The van der Waals surface area contributed by atoms with Gasteiger partial charge in [0.15, 0.2) is 5.13 Å². The van der Waals surface area contributed by atoms with E-state index in [9.17, 15) is 0 Å². The van der Waals surface area contributed by atoms with Crippen molar-refractivity contribution in [2.45, 2.75) is 26.7 Å². The summed E-state index contributed by atoms with van der Waals surface area (Å²) in [6.07, 6.45) is 1.89. The summed E-state index contributed by atoms with van der Waals surface area (Å²) in [5.74, 6) is 0.598. The molecule has 0 atom stereocenters. The summed E-state index contributed by atoms with van der Waals surface area (Å²) in [5.41, 5.74) is 4.22. The lowest BCUT2D eigenvalue weighted by Gasteiger charge is -2.36. The quantitative estimate of drug-likeness (QED) is 0.857. The molecule has 0 aliphatic carbocycles. The normalized spacial score (nSPS) is 15.8. The van der Waals surface area contributed by atoms with Crippen LogP contribution >= 0.6 is 11.3 Å². The summed E-state index contributed by atoms with van der Waals surface area (Å²) in [6.45, 7) is 11.0. The SMILES string of the molecule is Cc1cc(N2CCN(c3nccs3)CC2)ccc1C(C)C. The van der Waals surface area contributed by atoms with Gasteiger partial charge in [-0.15, -0.1) is 11.3 Å². The van der Waals surface area contributed by atoms with Gasteiger partial charge in [-0.05, 0) is 36.1 Å². The van der Waals surface area contributed by atoms with Gasteiger partial charge in [-0.1, -0.05) is 19.9 Å². The van der Waals surface area contributed by atoms with Crippen LogP contribution in [0.1, 0.15) is 30.9 Å². The van der Waals surface area contributed by atoms with E-state index in [1.165, 1.54) is 16.8 Å². The molecule has 1 saturated heterocycles. The van der Waals surface area contributed by atoms with Crippen LogP contribution in [0.2, 0.25) is 0 Å². The van der Waals surface area contributed by atoms with Crippen molar-refractivity contribution in [1.29, 1.82) is 0 Å². The molecule has 3 rings (SSSR count). The zero-order valence-electron chi connectivity index (χ0n) is 13.0. The first-order valence-corrected chi connectivity index (χ1v) is 8.53. The number of aromatic nitrogens is 1. The van der Waals surface area contributed by atoms with Crippen LogP contribution in [0.15, 0.2) is 29.8 Å². The van der Waals surface area contributed by atoms with Crippen molar-refractivity contribution < 1.29 is 0 Å². The highest BCUT2D eigenvalue weighted by Gasteiger charge is 2.19. The van der Waals surface area contributed by atoms with E-state index in [0.29, 0.717) is 5.92 Å². The molecule has 1 aliphatic rings. The lowest BCUT2D eigenvalue weighted by atomic mass is 9.97. The van der Waals surface area contributed by atoms with E-state index in [4.69, 9.17) is 0 Å². The maximum Gasteiger partial charge on any atom is 0.185 e. The van der Waals surface area contributed by atoms with Gasteiger partial charge >= 0.3 is 0 Å². The van der Waals surface area contributed by atoms with Gasteiger partial charge in [0.2, 0.25) is 0 Å². The molecular weight excluding hydrogens is 278 g/mol. The van der Waals surface area contributed by atoms with Gasteiger partial charge in [-0.2, -0.15) is 0 Å². The minimum atomic E-state index is 0.598. The summed E-state index contributed by atoms with van der Waals surface area (Å²) in [7, 11) is 0. The molecule has 2 aromatic rings. The van der Waals surface area contributed by atoms with Crippen LogP contribution in [0.4, 0.5) is 10.8 Å². The Morgan fingerprint density at radius 1 is 1.10 bits per heavy atom. The standard InChI is InChI=1S/C17H23N3S/c1-13(2)16-5-4-15(12-14(16)3)19-7-9-20(10-8-19)17-18-6-11-21-17/h4-6,11-13H,7-10H2,1-3H3.